The zero-order valence-corrected chi connectivity index (χ0v) is 28.0. The molecule has 226 valence electrons. The van der Waals surface area contributed by atoms with Crippen LogP contribution < -0.4 is 5.19 Å². The second-order valence-corrected chi connectivity index (χ2v) is 17.9. The van der Waals surface area contributed by atoms with Crippen LogP contribution in [-0.2, 0) is 0 Å². The van der Waals surface area contributed by atoms with Crippen LogP contribution in [0.4, 0.5) is 0 Å². The van der Waals surface area contributed by atoms with E-state index in [4.69, 9.17) is 9.97 Å². The van der Waals surface area contributed by atoms with Crippen molar-refractivity contribution in [2.45, 2.75) is 25.8 Å². The molecule has 8 rings (SSSR count). The summed E-state index contributed by atoms with van der Waals surface area (Å²) in [6, 6.07) is 55.5. The molecule has 1 aliphatic rings. The molecule has 0 fully saturated rings. The molecule has 3 heteroatoms. The van der Waals surface area contributed by atoms with Gasteiger partial charge in [0.25, 0.3) is 0 Å². The molecule has 2 nitrogen and oxygen atoms in total. The second kappa shape index (κ2) is 11.4. The second-order valence-electron chi connectivity index (χ2n) is 13.3. The number of pyridine rings is 2. The minimum Gasteiger partial charge on any atom is -0.256 e. The maximum Gasteiger partial charge on any atom is 0.156 e. The van der Waals surface area contributed by atoms with Gasteiger partial charge in [0, 0.05) is 23.2 Å². The van der Waals surface area contributed by atoms with Crippen molar-refractivity contribution in [3.8, 4) is 0 Å². The molecule has 5 aromatic carbocycles. The summed E-state index contributed by atoms with van der Waals surface area (Å²) >= 11 is 0. The fraction of sp³-hybridized carbons (Fsp3) is 0.0909. The Labute approximate surface area is 277 Å². The minimum absolute atomic E-state index is 0.148. The largest absolute Gasteiger partial charge is 0.256 e. The molecule has 3 heterocycles. The lowest BCUT2D eigenvalue weighted by molar-refractivity contribution is 0.741. The number of rotatable bonds is 5. The molecule has 2 aromatic heterocycles. The molecule has 47 heavy (non-hydrogen) atoms. The van der Waals surface area contributed by atoms with Crippen molar-refractivity contribution in [1.82, 2.24) is 9.97 Å². The number of aromatic nitrogens is 2. The van der Waals surface area contributed by atoms with E-state index in [-0.39, 0.29) is 5.04 Å². The van der Waals surface area contributed by atoms with Crippen molar-refractivity contribution < 1.29 is 0 Å². The van der Waals surface area contributed by atoms with Gasteiger partial charge in [0.05, 0.1) is 11.0 Å². The Kier molecular flexibility index (Phi) is 7.08. The van der Waals surface area contributed by atoms with Gasteiger partial charge in [-0.05, 0) is 78.3 Å². The van der Waals surface area contributed by atoms with Crippen molar-refractivity contribution >= 4 is 56.6 Å². The lowest BCUT2D eigenvalue weighted by atomic mass is 9.88. The molecule has 1 aliphatic heterocycles. The van der Waals surface area contributed by atoms with E-state index in [1.807, 2.05) is 12.4 Å². The van der Waals surface area contributed by atoms with Gasteiger partial charge in [-0.2, -0.15) is 0 Å². The average molecular weight is 621 g/mol. The number of allylic oxidation sites excluding steroid dienone is 2. The molecule has 0 aliphatic carbocycles. The molecule has 0 atom stereocenters. The Morgan fingerprint density at radius 3 is 1.28 bits per heavy atom. The highest BCUT2D eigenvalue weighted by molar-refractivity contribution is 7.24. The SMILES string of the molecule is CC(C)(C)[Si]1(c2ccccc2)C(c2cccc3ncccc23)=C(c2ccccc2)C(c2ccccc2)=C1c1cccc2ncccc12. The summed E-state index contributed by atoms with van der Waals surface area (Å²) in [5.41, 5.74) is 9.64. The fourth-order valence-corrected chi connectivity index (χ4v) is 14.4. The van der Waals surface area contributed by atoms with Crippen LogP contribution in [0.25, 0.3) is 43.3 Å². The quantitative estimate of drug-likeness (QED) is 0.179. The normalized spacial score (nSPS) is 14.7. The summed E-state index contributed by atoms with van der Waals surface area (Å²) in [5, 5.41) is 6.50. The zero-order chi connectivity index (χ0) is 32.0. The van der Waals surface area contributed by atoms with Gasteiger partial charge >= 0.3 is 0 Å². The summed E-state index contributed by atoms with van der Waals surface area (Å²) in [4.78, 5) is 9.72. The van der Waals surface area contributed by atoms with Crippen LogP contribution >= 0.6 is 0 Å². The molecular formula is C44H36N2Si. The third-order valence-corrected chi connectivity index (χ3v) is 15.8. The van der Waals surface area contributed by atoms with Crippen molar-refractivity contribution in [3.05, 3.63) is 186 Å². The van der Waals surface area contributed by atoms with Gasteiger partial charge < -0.3 is 0 Å². The molecule has 0 saturated carbocycles. The monoisotopic (exact) mass is 620 g/mol. The molecule has 0 spiro atoms. The standard InChI is InChI=1S/C44H36N2Si/c1-44(2,3)47(33-21-11-6-12-22-33)42(36-23-13-27-38-34(36)25-15-29-45-38)40(31-17-7-4-8-18-31)41(32-19-9-5-10-20-32)43(47)37-24-14-28-39-35(37)26-16-30-46-39/h4-30H,1-3H3. The maximum absolute atomic E-state index is 4.86. The van der Waals surface area contributed by atoms with Gasteiger partial charge in [0.1, 0.15) is 0 Å². The fourth-order valence-electron chi connectivity index (χ4n) is 8.01. The van der Waals surface area contributed by atoms with Crippen molar-refractivity contribution in [3.63, 3.8) is 0 Å². The van der Waals surface area contributed by atoms with Gasteiger partial charge in [-0.15, -0.1) is 0 Å². The molecule has 7 aromatic rings. The van der Waals surface area contributed by atoms with E-state index in [0.29, 0.717) is 0 Å². The highest BCUT2D eigenvalue weighted by atomic mass is 28.3. The first kappa shape index (κ1) is 29.0. The summed E-state index contributed by atoms with van der Waals surface area (Å²) < 4.78 is 0. The lowest BCUT2D eigenvalue weighted by Crippen LogP contribution is -2.56. The Bertz CT molecular complexity index is 2170. The molecular weight excluding hydrogens is 585 g/mol. The van der Waals surface area contributed by atoms with E-state index in [2.05, 4.69) is 172 Å². The third kappa shape index (κ3) is 4.53. The highest BCUT2D eigenvalue weighted by Crippen LogP contribution is 2.63. The van der Waals surface area contributed by atoms with Gasteiger partial charge in [0.2, 0.25) is 0 Å². The van der Waals surface area contributed by atoms with Crippen LogP contribution in [-0.4, -0.2) is 18.0 Å². The Hall–Kier alpha value is -5.38. The first-order valence-electron chi connectivity index (χ1n) is 16.3. The van der Waals surface area contributed by atoms with Gasteiger partial charge in [-0.3, -0.25) is 9.97 Å². The summed E-state index contributed by atoms with van der Waals surface area (Å²) in [6.45, 7) is 7.40. The molecule has 0 radical (unpaired) electrons. The smallest absolute Gasteiger partial charge is 0.156 e. The summed E-state index contributed by atoms with van der Waals surface area (Å²) in [6.07, 6.45) is 3.81. The number of hydrogen-bond acceptors (Lipinski definition) is 2. The molecule has 0 unspecified atom stereocenters. The number of nitrogens with zero attached hydrogens (tertiary/aromatic N) is 2. The summed E-state index contributed by atoms with van der Waals surface area (Å²) in [7, 11) is -2.97. The van der Waals surface area contributed by atoms with E-state index in [1.54, 1.807) is 0 Å². The highest BCUT2D eigenvalue weighted by Gasteiger charge is 2.58. The molecule has 0 bridgehead atoms. The van der Waals surface area contributed by atoms with Crippen LogP contribution in [0.15, 0.2) is 164 Å². The first-order valence-corrected chi connectivity index (χ1v) is 18.3. The van der Waals surface area contributed by atoms with Crippen LogP contribution in [0.5, 0.6) is 0 Å². The Morgan fingerprint density at radius 1 is 0.426 bits per heavy atom. The number of fused-ring (bicyclic) bond motifs is 2. The van der Waals surface area contributed by atoms with E-state index >= 15 is 0 Å². The van der Waals surface area contributed by atoms with Crippen LogP contribution in [0.3, 0.4) is 0 Å². The van der Waals surface area contributed by atoms with Crippen LogP contribution in [0.2, 0.25) is 5.04 Å². The zero-order valence-electron chi connectivity index (χ0n) is 27.0. The lowest BCUT2D eigenvalue weighted by Gasteiger charge is -2.46. The third-order valence-electron chi connectivity index (χ3n) is 9.79. The van der Waals surface area contributed by atoms with E-state index in [1.165, 1.54) is 59.8 Å². The maximum atomic E-state index is 4.86. The Morgan fingerprint density at radius 2 is 0.851 bits per heavy atom. The number of hydrogen-bond donors (Lipinski definition) is 0. The predicted molar refractivity (Wildman–Crippen MR) is 202 cm³/mol. The topological polar surface area (TPSA) is 25.8 Å². The predicted octanol–water partition coefficient (Wildman–Crippen LogP) is 10.6. The van der Waals surface area contributed by atoms with Crippen LogP contribution in [0, 0.1) is 0 Å². The van der Waals surface area contributed by atoms with Crippen LogP contribution in [0.1, 0.15) is 43.0 Å². The first-order chi connectivity index (χ1) is 23.0. The van der Waals surface area contributed by atoms with Gasteiger partial charge in [0.15, 0.2) is 8.07 Å². The summed E-state index contributed by atoms with van der Waals surface area (Å²) in [5.74, 6) is 0. The van der Waals surface area contributed by atoms with E-state index in [0.717, 1.165) is 11.0 Å². The number of benzene rings is 5. The van der Waals surface area contributed by atoms with Crippen molar-refractivity contribution in [2.75, 3.05) is 0 Å². The molecule has 0 N–H and O–H groups in total. The minimum atomic E-state index is -2.97. The van der Waals surface area contributed by atoms with E-state index < -0.39 is 8.07 Å². The van der Waals surface area contributed by atoms with Crippen molar-refractivity contribution in [2.24, 2.45) is 0 Å². The molecule has 0 amide bonds. The average Bonchev–Trinajstić information content (AvgIpc) is 3.45. The Balaban J connectivity index is 1.69. The van der Waals surface area contributed by atoms with Crippen molar-refractivity contribution in [1.29, 1.82) is 0 Å². The van der Waals surface area contributed by atoms with E-state index in [9.17, 15) is 0 Å². The van der Waals surface area contributed by atoms with Gasteiger partial charge in [-0.1, -0.05) is 148 Å². The molecule has 0 saturated heterocycles. The van der Waals surface area contributed by atoms with Gasteiger partial charge in [-0.25, -0.2) is 0 Å².